The van der Waals surface area contributed by atoms with Gasteiger partial charge in [0.15, 0.2) is 0 Å². The van der Waals surface area contributed by atoms with E-state index in [0.29, 0.717) is 0 Å². The van der Waals surface area contributed by atoms with Crippen molar-refractivity contribution < 1.29 is 21.6 Å². The van der Waals surface area contributed by atoms with E-state index in [4.69, 9.17) is 0 Å². The molecule has 144 valence electrons. The number of sulfonamides is 2. The number of anilines is 1. The smallest absolute Gasteiger partial charge is 0.244 e. The molecule has 0 radical (unpaired) electrons. The first-order valence-electron chi connectivity index (χ1n) is 8.32. The van der Waals surface area contributed by atoms with Gasteiger partial charge < -0.3 is 0 Å². The van der Waals surface area contributed by atoms with Gasteiger partial charge in [0.25, 0.3) is 0 Å². The number of hydrogen-bond donors (Lipinski definition) is 1. The van der Waals surface area contributed by atoms with Crippen LogP contribution in [0.1, 0.15) is 18.1 Å². The second kappa shape index (κ2) is 7.06. The Labute approximate surface area is 159 Å². The minimum atomic E-state index is -3.76. The van der Waals surface area contributed by atoms with E-state index in [-0.39, 0.29) is 22.9 Å². The molecule has 3 rings (SSSR count). The topological polar surface area (TPSA) is 101 Å². The van der Waals surface area contributed by atoms with Crippen molar-refractivity contribution >= 4 is 31.6 Å². The average Bonchev–Trinajstić information content (AvgIpc) is 2.82. The van der Waals surface area contributed by atoms with Gasteiger partial charge in [0, 0.05) is 6.54 Å². The quantitative estimate of drug-likeness (QED) is 0.813. The second-order valence-electron chi connectivity index (χ2n) is 6.59. The SMILES string of the molecule is Cc1ccc(CNS(=O)(=O)c2ccc(N3C(=O)C(C)CS3(=O)=O)cc2)cc1. The molecule has 2 aromatic carbocycles. The van der Waals surface area contributed by atoms with E-state index in [0.717, 1.165) is 15.4 Å². The number of aryl methyl sites for hydroxylation is 1. The number of amides is 1. The summed E-state index contributed by atoms with van der Waals surface area (Å²) in [5, 5.41) is 0. The highest BCUT2D eigenvalue weighted by Gasteiger charge is 2.41. The lowest BCUT2D eigenvalue weighted by molar-refractivity contribution is -0.119. The zero-order valence-corrected chi connectivity index (χ0v) is 16.5. The molecule has 1 aliphatic heterocycles. The van der Waals surface area contributed by atoms with Crippen molar-refractivity contribution in [2.75, 3.05) is 10.1 Å². The summed E-state index contributed by atoms with van der Waals surface area (Å²) in [5.41, 5.74) is 2.04. The number of rotatable bonds is 5. The molecule has 1 unspecified atom stereocenters. The summed E-state index contributed by atoms with van der Waals surface area (Å²) in [6.07, 6.45) is 0. The normalized spacial score (nSPS) is 19.4. The van der Waals surface area contributed by atoms with Gasteiger partial charge in [0.1, 0.15) is 0 Å². The highest BCUT2D eigenvalue weighted by molar-refractivity contribution is 7.94. The molecule has 7 nitrogen and oxygen atoms in total. The Morgan fingerprint density at radius 1 is 1.07 bits per heavy atom. The van der Waals surface area contributed by atoms with Crippen LogP contribution in [0.5, 0.6) is 0 Å². The molecule has 1 fully saturated rings. The van der Waals surface area contributed by atoms with Crippen LogP contribution in [0.15, 0.2) is 53.4 Å². The summed E-state index contributed by atoms with van der Waals surface area (Å²) in [4.78, 5) is 12.1. The lowest BCUT2D eigenvalue weighted by Crippen LogP contribution is -2.30. The molecule has 0 aromatic heterocycles. The molecular weight excluding hydrogens is 388 g/mol. The fourth-order valence-electron chi connectivity index (χ4n) is 2.82. The number of hydrogen-bond acceptors (Lipinski definition) is 5. The molecule has 9 heteroatoms. The summed E-state index contributed by atoms with van der Waals surface area (Å²) < 4.78 is 52.4. The summed E-state index contributed by atoms with van der Waals surface area (Å²) in [6, 6.07) is 12.7. The predicted molar refractivity (Wildman–Crippen MR) is 102 cm³/mol. The number of nitrogens with zero attached hydrogens (tertiary/aromatic N) is 1. The van der Waals surface area contributed by atoms with Crippen LogP contribution in [0.25, 0.3) is 0 Å². The van der Waals surface area contributed by atoms with Crippen LogP contribution in [0.2, 0.25) is 0 Å². The molecule has 0 saturated carbocycles. The molecule has 0 aliphatic carbocycles. The van der Waals surface area contributed by atoms with Gasteiger partial charge in [-0.25, -0.2) is 25.9 Å². The molecule has 1 heterocycles. The molecule has 1 amide bonds. The molecule has 1 saturated heterocycles. The molecular formula is C18H20N2O5S2. The lowest BCUT2D eigenvalue weighted by Gasteiger charge is -2.15. The van der Waals surface area contributed by atoms with Crippen LogP contribution in [0.3, 0.4) is 0 Å². The largest absolute Gasteiger partial charge is 0.273 e. The molecule has 2 aromatic rings. The Balaban J connectivity index is 1.78. The number of nitrogens with one attached hydrogen (secondary N) is 1. The zero-order valence-electron chi connectivity index (χ0n) is 14.9. The summed E-state index contributed by atoms with van der Waals surface area (Å²) >= 11 is 0. The van der Waals surface area contributed by atoms with Crippen molar-refractivity contribution in [2.45, 2.75) is 25.3 Å². The Bertz CT molecular complexity index is 1060. The Morgan fingerprint density at radius 3 is 2.19 bits per heavy atom. The van der Waals surface area contributed by atoms with Crippen molar-refractivity contribution in [1.29, 1.82) is 0 Å². The van der Waals surface area contributed by atoms with Gasteiger partial charge >= 0.3 is 0 Å². The first kappa shape index (κ1) is 19.5. The van der Waals surface area contributed by atoms with Crippen LogP contribution in [-0.2, 0) is 31.4 Å². The second-order valence-corrected chi connectivity index (χ2v) is 10.2. The first-order valence-corrected chi connectivity index (χ1v) is 11.4. The standard InChI is InChI=1S/C18H20N2O5S2/c1-13-3-5-15(6-4-13)11-19-27(24,25)17-9-7-16(8-10-17)20-18(21)14(2)12-26(20,22)23/h3-10,14,19H,11-12H2,1-2H3. The van der Waals surface area contributed by atoms with E-state index in [1.165, 1.54) is 24.3 Å². The summed E-state index contributed by atoms with van der Waals surface area (Å²) in [6.45, 7) is 3.64. The predicted octanol–water partition coefficient (Wildman–Crippen LogP) is 1.79. The van der Waals surface area contributed by atoms with Crippen molar-refractivity contribution in [3.63, 3.8) is 0 Å². The van der Waals surface area contributed by atoms with Crippen LogP contribution in [0.4, 0.5) is 5.69 Å². The lowest BCUT2D eigenvalue weighted by atomic mass is 10.2. The van der Waals surface area contributed by atoms with E-state index in [9.17, 15) is 21.6 Å². The third kappa shape index (κ3) is 4.05. The minimum absolute atomic E-state index is 0.00421. The Hall–Kier alpha value is -2.23. The summed E-state index contributed by atoms with van der Waals surface area (Å²) in [7, 11) is -7.48. The highest BCUT2D eigenvalue weighted by Crippen LogP contribution is 2.28. The zero-order chi connectivity index (χ0) is 19.8. The molecule has 1 aliphatic rings. The van der Waals surface area contributed by atoms with E-state index in [2.05, 4.69) is 4.72 Å². The average molecular weight is 409 g/mol. The highest BCUT2D eigenvalue weighted by atomic mass is 32.2. The molecule has 0 bridgehead atoms. The maximum atomic E-state index is 12.4. The number of carbonyl (C=O) groups excluding carboxylic acids is 1. The maximum absolute atomic E-state index is 12.4. The minimum Gasteiger partial charge on any atom is -0.273 e. The van der Waals surface area contributed by atoms with E-state index < -0.39 is 31.9 Å². The molecule has 1 atom stereocenters. The van der Waals surface area contributed by atoms with Gasteiger partial charge in [-0.1, -0.05) is 36.8 Å². The van der Waals surface area contributed by atoms with Crippen molar-refractivity contribution in [1.82, 2.24) is 4.72 Å². The third-order valence-corrected chi connectivity index (χ3v) is 7.61. The van der Waals surface area contributed by atoms with Gasteiger partial charge in [-0.15, -0.1) is 0 Å². The van der Waals surface area contributed by atoms with Crippen LogP contribution in [0, 0.1) is 12.8 Å². The van der Waals surface area contributed by atoms with Crippen LogP contribution in [-0.4, -0.2) is 28.5 Å². The molecule has 1 N–H and O–H groups in total. The van der Waals surface area contributed by atoms with Gasteiger partial charge in [0.05, 0.1) is 22.3 Å². The number of benzene rings is 2. The van der Waals surface area contributed by atoms with Crippen molar-refractivity contribution in [2.24, 2.45) is 5.92 Å². The third-order valence-electron chi connectivity index (χ3n) is 4.33. The first-order chi connectivity index (χ1) is 12.6. The van der Waals surface area contributed by atoms with Crippen molar-refractivity contribution in [3.8, 4) is 0 Å². The fraction of sp³-hybridized carbons (Fsp3) is 0.278. The van der Waals surface area contributed by atoms with Gasteiger partial charge in [-0.05, 0) is 36.8 Å². The fourth-order valence-corrected chi connectivity index (χ4v) is 5.65. The maximum Gasteiger partial charge on any atom is 0.244 e. The van der Waals surface area contributed by atoms with E-state index >= 15 is 0 Å². The monoisotopic (exact) mass is 408 g/mol. The number of carbonyl (C=O) groups is 1. The molecule has 27 heavy (non-hydrogen) atoms. The van der Waals surface area contributed by atoms with Gasteiger partial charge in [0.2, 0.25) is 26.0 Å². The van der Waals surface area contributed by atoms with Gasteiger partial charge in [-0.3, -0.25) is 4.79 Å². The van der Waals surface area contributed by atoms with E-state index in [1.54, 1.807) is 6.92 Å². The van der Waals surface area contributed by atoms with Crippen molar-refractivity contribution in [3.05, 3.63) is 59.7 Å². The van der Waals surface area contributed by atoms with Crippen LogP contribution < -0.4 is 9.03 Å². The molecule has 0 spiro atoms. The van der Waals surface area contributed by atoms with E-state index in [1.807, 2.05) is 31.2 Å². The summed E-state index contributed by atoms with van der Waals surface area (Å²) in [5.74, 6) is -1.37. The Kier molecular flexibility index (Phi) is 5.11. The Morgan fingerprint density at radius 2 is 1.67 bits per heavy atom. The van der Waals surface area contributed by atoms with Crippen LogP contribution >= 0.6 is 0 Å². The van der Waals surface area contributed by atoms with Gasteiger partial charge in [-0.2, -0.15) is 0 Å².